The Balaban J connectivity index is 0.00000240. The number of nitrogens with zero attached hydrogens (tertiary/aromatic N) is 5. The van der Waals surface area contributed by atoms with Gasteiger partial charge in [0.1, 0.15) is 5.82 Å². The summed E-state index contributed by atoms with van der Waals surface area (Å²) in [7, 11) is 1.86. The normalized spacial score (nSPS) is 20.5. The summed E-state index contributed by atoms with van der Waals surface area (Å²) in [4.78, 5) is 14.0. The van der Waals surface area contributed by atoms with Gasteiger partial charge in [0.05, 0.1) is 19.8 Å². The summed E-state index contributed by atoms with van der Waals surface area (Å²) in [6.07, 6.45) is 5.09. The summed E-state index contributed by atoms with van der Waals surface area (Å²) in [5.41, 5.74) is 1.28. The molecule has 2 fully saturated rings. The third kappa shape index (κ3) is 5.70. The summed E-state index contributed by atoms with van der Waals surface area (Å²) in [5.74, 6) is 1.99. The highest BCUT2D eigenvalue weighted by Gasteiger charge is 2.30. The minimum Gasteiger partial charge on any atom is -0.379 e. The molecule has 0 aliphatic carbocycles. The van der Waals surface area contributed by atoms with Crippen molar-refractivity contribution in [3.05, 3.63) is 54.1 Å². The molecule has 8 heteroatoms. The Labute approximate surface area is 190 Å². The maximum Gasteiger partial charge on any atom is 0.194 e. The van der Waals surface area contributed by atoms with Crippen molar-refractivity contribution in [1.82, 2.24) is 24.7 Å². The maximum absolute atomic E-state index is 5.49. The van der Waals surface area contributed by atoms with Gasteiger partial charge in [-0.15, -0.1) is 24.0 Å². The SMILES string of the molecule is CN=C(NCc1nccn1Cc1ccccc1)N1CCC(N2CCOCC2)C1.I. The van der Waals surface area contributed by atoms with Crippen LogP contribution in [0.2, 0.25) is 0 Å². The first kappa shape index (κ1) is 22.0. The zero-order valence-corrected chi connectivity index (χ0v) is 19.4. The van der Waals surface area contributed by atoms with Crippen LogP contribution < -0.4 is 5.32 Å². The van der Waals surface area contributed by atoms with Crippen LogP contribution in [0.4, 0.5) is 0 Å². The van der Waals surface area contributed by atoms with Gasteiger partial charge in [-0.2, -0.15) is 0 Å². The molecule has 2 saturated heterocycles. The average Bonchev–Trinajstić information content (AvgIpc) is 3.40. The van der Waals surface area contributed by atoms with Crippen LogP contribution in [0.25, 0.3) is 0 Å². The number of morpholine rings is 1. The number of imidazole rings is 1. The molecule has 3 heterocycles. The highest BCUT2D eigenvalue weighted by atomic mass is 127. The number of aliphatic imine (C=N–C) groups is 1. The molecule has 0 amide bonds. The quantitative estimate of drug-likeness (QED) is 0.379. The molecular weight excluding hydrogens is 479 g/mol. The Morgan fingerprint density at radius 1 is 1.21 bits per heavy atom. The van der Waals surface area contributed by atoms with E-state index in [4.69, 9.17) is 4.74 Å². The second kappa shape index (κ2) is 10.9. The third-order valence-electron chi connectivity index (χ3n) is 5.64. The molecule has 2 aliphatic heterocycles. The minimum absolute atomic E-state index is 0. The fraction of sp³-hybridized carbons (Fsp3) is 0.524. The van der Waals surface area contributed by atoms with E-state index in [0.717, 1.165) is 57.7 Å². The highest BCUT2D eigenvalue weighted by Crippen LogP contribution is 2.17. The molecule has 1 aromatic carbocycles. The average molecular weight is 510 g/mol. The van der Waals surface area contributed by atoms with Crippen LogP contribution in [0.15, 0.2) is 47.7 Å². The monoisotopic (exact) mass is 510 g/mol. The van der Waals surface area contributed by atoms with Gasteiger partial charge in [0, 0.05) is 58.2 Å². The van der Waals surface area contributed by atoms with Gasteiger partial charge in [0.25, 0.3) is 0 Å². The van der Waals surface area contributed by atoms with Gasteiger partial charge >= 0.3 is 0 Å². The van der Waals surface area contributed by atoms with Crippen molar-refractivity contribution in [2.24, 2.45) is 4.99 Å². The lowest BCUT2D eigenvalue weighted by molar-refractivity contribution is 0.0195. The van der Waals surface area contributed by atoms with E-state index in [1.165, 1.54) is 12.0 Å². The van der Waals surface area contributed by atoms with Crippen molar-refractivity contribution in [1.29, 1.82) is 0 Å². The molecule has 1 N–H and O–H groups in total. The Kier molecular flexibility index (Phi) is 8.31. The Morgan fingerprint density at radius 2 is 2.00 bits per heavy atom. The predicted octanol–water partition coefficient (Wildman–Crippen LogP) is 2.03. The van der Waals surface area contributed by atoms with E-state index in [1.807, 2.05) is 25.5 Å². The zero-order chi connectivity index (χ0) is 19.2. The predicted molar refractivity (Wildman–Crippen MR) is 126 cm³/mol. The van der Waals surface area contributed by atoms with Crippen molar-refractivity contribution in [2.75, 3.05) is 46.4 Å². The second-order valence-corrected chi connectivity index (χ2v) is 7.39. The molecule has 1 unspecified atom stereocenters. The van der Waals surface area contributed by atoms with Crippen LogP contribution in [-0.4, -0.2) is 77.8 Å². The van der Waals surface area contributed by atoms with Crippen LogP contribution in [0.3, 0.4) is 0 Å². The Morgan fingerprint density at radius 3 is 2.76 bits per heavy atom. The van der Waals surface area contributed by atoms with E-state index >= 15 is 0 Å². The number of halogens is 1. The first-order valence-electron chi connectivity index (χ1n) is 10.1. The first-order valence-corrected chi connectivity index (χ1v) is 10.1. The van der Waals surface area contributed by atoms with E-state index in [0.29, 0.717) is 12.6 Å². The number of nitrogens with one attached hydrogen (secondary N) is 1. The van der Waals surface area contributed by atoms with Gasteiger partial charge in [-0.25, -0.2) is 4.98 Å². The highest BCUT2D eigenvalue weighted by molar-refractivity contribution is 14.0. The van der Waals surface area contributed by atoms with Gasteiger partial charge < -0.3 is 19.5 Å². The van der Waals surface area contributed by atoms with Crippen molar-refractivity contribution >= 4 is 29.9 Å². The third-order valence-corrected chi connectivity index (χ3v) is 5.64. The summed E-state index contributed by atoms with van der Waals surface area (Å²) < 4.78 is 7.68. The van der Waals surface area contributed by atoms with Crippen LogP contribution in [-0.2, 0) is 17.8 Å². The van der Waals surface area contributed by atoms with Crippen molar-refractivity contribution in [2.45, 2.75) is 25.6 Å². The molecule has 0 saturated carbocycles. The van der Waals surface area contributed by atoms with E-state index in [1.54, 1.807) is 0 Å². The number of benzene rings is 1. The summed E-state index contributed by atoms with van der Waals surface area (Å²) in [5, 5.41) is 3.51. The lowest BCUT2D eigenvalue weighted by atomic mass is 10.2. The summed E-state index contributed by atoms with van der Waals surface area (Å²) in [6.45, 7) is 7.37. The van der Waals surface area contributed by atoms with Crippen molar-refractivity contribution < 1.29 is 4.74 Å². The maximum atomic E-state index is 5.49. The molecule has 2 aromatic rings. The van der Waals surface area contributed by atoms with Crippen molar-refractivity contribution in [3.63, 3.8) is 0 Å². The van der Waals surface area contributed by atoms with E-state index < -0.39 is 0 Å². The largest absolute Gasteiger partial charge is 0.379 e. The molecule has 0 radical (unpaired) electrons. The first-order chi connectivity index (χ1) is 13.8. The van der Waals surface area contributed by atoms with Gasteiger partial charge in [-0.3, -0.25) is 9.89 Å². The van der Waals surface area contributed by atoms with Crippen LogP contribution in [0.1, 0.15) is 17.8 Å². The zero-order valence-electron chi connectivity index (χ0n) is 17.0. The number of rotatable bonds is 5. The van der Waals surface area contributed by atoms with Gasteiger partial charge in [0.15, 0.2) is 5.96 Å². The fourth-order valence-corrected chi connectivity index (χ4v) is 4.10. The smallest absolute Gasteiger partial charge is 0.194 e. The molecule has 1 aromatic heterocycles. The molecule has 2 aliphatic rings. The molecule has 29 heavy (non-hydrogen) atoms. The fourth-order valence-electron chi connectivity index (χ4n) is 4.10. The topological polar surface area (TPSA) is 57.9 Å². The Hall–Kier alpha value is -1.65. The lowest BCUT2D eigenvalue weighted by Gasteiger charge is -2.32. The number of hydrogen-bond acceptors (Lipinski definition) is 4. The van der Waals surface area contributed by atoms with Gasteiger partial charge in [0.2, 0.25) is 0 Å². The Bertz CT molecular complexity index is 774. The van der Waals surface area contributed by atoms with E-state index in [2.05, 4.69) is 53.9 Å². The molecule has 4 rings (SSSR count). The number of ether oxygens (including phenoxy) is 1. The molecule has 0 spiro atoms. The number of likely N-dealkylation sites (tertiary alicyclic amines) is 1. The second-order valence-electron chi connectivity index (χ2n) is 7.39. The molecule has 158 valence electrons. The van der Waals surface area contributed by atoms with Crippen LogP contribution in [0.5, 0.6) is 0 Å². The molecule has 7 nitrogen and oxygen atoms in total. The minimum atomic E-state index is 0. The number of guanidine groups is 1. The van der Waals surface area contributed by atoms with Gasteiger partial charge in [-0.1, -0.05) is 30.3 Å². The van der Waals surface area contributed by atoms with Crippen molar-refractivity contribution in [3.8, 4) is 0 Å². The lowest BCUT2D eigenvalue weighted by Crippen LogP contribution is -2.46. The summed E-state index contributed by atoms with van der Waals surface area (Å²) >= 11 is 0. The standard InChI is InChI=1S/C21H30N6O.HI/c1-22-21(27-9-7-19(17-27)25-11-13-28-14-12-25)24-15-20-23-8-10-26(20)16-18-5-3-2-4-6-18;/h2-6,8,10,19H,7,9,11-17H2,1H3,(H,22,24);1H. The van der Waals surface area contributed by atoms with E-state index in [-0.39, 0.29) is 24.0 Å². The molecule has 0 bridgehead atoms. The summed E-state index contributed by atoms with van der Waals surface area (Å²) in [6, 6.07) is 11.1. The van der Waals surface area contributed by atoms with Crippen LogP contribution >= 0.6 is 24.0 Å². The van der Waals surface area contributed by atoms with Gasteiger partial charge in [-0.05, 0) is 12.0 Å². The number of aromatic nitrogens is 2. The molecular formula is C21H31IN6O. The number of hydrogen-bond donors (Lipinski definition) is 1. The van der Waals surface area contributed by atoms with Crippen LogP contribution in [0, 0.1) is 0 Å². The van der Waals surface area contributed by atoms with E-state index in [9.17, 15) is 0 Å². The molecule has 1 atom stereocenters.